The van der Waals surface area contributed by atoms with Gasteiger partial charge in [-0.05, 0) is 0 Å². The molecule has 2 amide bonds. The summed E-state index contributed by atoms with van der Waals surface area (Å²) in [5.41, 5.74) is 8.57. The number of hydrogen-bond donors (Lipinski definition) is 2. The molecule has 4 N–H and O–H groups in total. The van der Waals surface area contributed by atoms with Crippen molar-refractivity contribution >= 4 is 35.7 Å². The summed E-state index contributed by atoms with van der Waals surface area (Å²) in [6, 6.07) is 0. The number of carbonyl (C=O) groups excluding carboxylic acids is 2. The molecule has 0 heterocycles. The summed E-state index contributed by atoms with van der Waals surface area (Å²) < 4.78 is 0. The molecule has 0 aliphatic rings. The SMILES string of the molecule is NC(=O)[S-].NC(=O)[S-].[Cd+2]. The fourth-order valence-corrected chi connectivity index (χ4v) is 0. The normalized spacial score (nSPS) is 5.33. The zero-order valence-electron chi connectivity index (χ0n) is 4.49. The van der Waals surface area contributed by atoms with Crippen molar-refractivity contribution in [3.05, 3.63) is 0 Å². The molecule has 0 aromatic heterocycles. The second-order valence-electron chi connectivity index (χ2n) is 0.638. The van der Waals surface area contributed by atoms with Gasteiger partial charge in [0.2, 0.25) is 0 Å². The predicted octanol–water partition coefficient (Wildman–Crippen LogP) is -0.778. The Morgan fingerprint density at radius 1 is 1.00 bits per heavy atom. The average molecular weight is 265 g/mol. The molecule has 9 heavy (non-hydrogen) atoms. The number of carbonyl (C=O) groups is 2. The summed E-state index contributed by atoms with van der Waals surface area (Å²) in [6.45, 7) is 0. The Morgan fingerprint density at radius 2 is 1.00 bits per heavy atom. The van der Waals surface area contributed by atoms with E-state index in [1.54, 1.807) is 0 Å². The molecule has 0 aromatic rings. The molecule has 7 heteroatoms. The third-order valence-electron chi connectivity index (χ3n) is 0. The van der Waals surface area contributed by atoms with Gasteiger partial charge in [0.25, 0.3) is 0 Å². The fraction of sp³-hybridized carbons (Fsp3) is 0. The maximum atomic E-state index is 9.04. The van der Waals surface area contributed by atoms with E-state index >= 15 is 0 Å². The third kappa shape index (κ3) is 3610. The second-order valence-corrected chi connectivity index (χ2v) is 1.44. The van der Waals surface area contributed by atoms with Crippen molar-refractivity contribution in [3.63, 3.8) is 0 Å². The molecule has 0 saturated heterocycles. The van der Waals surface area contributed by atoms with Gasteiger partial charge in [-0.3, -0.25) is 0 Å². The van der Waals surface area contributed by atoms with Gasteiger partial charge in [-0.15, -0.1) is 0 Å². The van der Waals surface area contributed by atoms with Crippen molar-refractivity contribution in [2.75, 3.05) is 0 Å². The number of primary amides is 2. The quantitative estimate of drug-likeness (QED) is 0.444. The molecule has 0 fully saturated rings. The molecule has 48 valence electrons. The molecule has 0 saturated carbocycles. The van der Waals surface area contributed by atoms with Crippen LogP contribution in [-0.2, 0) is 52.6 Å². The summed E-state index contributed by atoms with van der Waals surface area (Å²) in [7, 11) is 0. The van der Waals surface area contributed by atoms with Gasteiger partial charge in [0.1, 0.15) is 0 Å². The standard InChI is InChI=1S/2CH3NOS.Cd/c2*2-1(3)4;/h2*(H3,2,3,4);/q;;+2/p-2. The average Bonchev–Trinajstić information content (AvgIpc) is 1.25. The number of amides is 2. The summed E-state index contributed by atoms with van der Waals surface area (Å²) in [5, 5.41) is -1.50. The maximum absolute atomic E-state index is 9.04. The molecular formula is C2H4CdN2O2S2. The van der Waals surface area contributed by atoms with Gasteiger partial charge in [-0.25, -0.2) is 0 Å². The summed E-state index contributed by atoms with van der Waals surface area (Å²) >= 11 is 7.52. The zero-order chi connectivity index (χ0) is 7.15. The van der Waals surface area contributed by atoms with E-state index in [2.05, 4.69) is 36.7 Å². The molecular weight excluding hydrogens is 261 g/mol. The topological polar surface area (TPSA) is 86.2 Å². The molecule has 0 spiro atoms. The minimum absolute atomic E-state index is 0. The molecule has 0 aliphatic carbocycles. The summed E-state index contributed by atoms with van der Waals surface area (Å²) in [4.78, 5) is 18.1. The van der Waals surface area contributed by atoms with E-state index in [9.17, 15) is 0 Å². The van der Waals surface area contributed by atoms with Gasteiger partial charge in [0, 0.05) is 0 Å². The molecule has 0 atom stereocenters. The number of nitrogens with two attached hydrogens (primary N) is 2. The van der Waals surface area contributed by atoms with E-state index < -0.39 is 10.5 Å². The van der Waals surface area contributed by atoms with Crippen LogP contribution < -0.4 is 11.5 Å². The van der Waals surface area contributed by atoms with Crippen molar-refractivity contribution in [1.29, 1.82) is 0 Å². The first-order valence-electron chi connectivity index (χ1n) is 1.39. The molecule has 0 rings (SSSR count). The van der Waals surface area contributed by atoms with Crippen LogP contribution in [0.5, 0.6) is 0 Å². The van der Waals surface area contributed by atoms with Crippen LogP contribution >= 0.6 is 0 Å². The van der Waals surface area contributed by atoms with Crippen LogP contribution in [0.15, 0.2) is 0 Å². The van der Waals surface area contributed by atoms with Crippen LogP contribution in [0.25, 0.3) is 0 Å². The van der Waals surface area contributed by atoms with E-state index in [-0.39, 0.29) is 27.3 Å². The van der Waals surface area contributed by atoms with Crippen molar-refractivity contribution in [2.45, 2.75) is 0 Å². The number of rotatable bonds is 0. The van der Waals surface area contributed by atoms with Gasteiger partial charge in [0.15, 0.2) is 0 Å². The maximum Gasteiger partial charge on any atom is 2.00 e. The molecule has 0 unspecified atom stereocenters. The smallest absolute Gasteiger partial charge is 0.719 e. The summed E-state index contributed by atoms with van der Waals surface area (Å²) in [6.07, 6.45) is 0. The summed E-state index contributed by atoms with van der Waals surface area (Å²) in [5.74, 6) is 0. The van der Waals surface area contributed by atoms with E-state index in [0.717, 1.165) is 0 Å². The van der Waals surface area contributed by atoms with Crippen LogP contribution in [-0.4, -0.2) is 10.5 Å². The van der Waals surface area contributed by atoms with E-state index in [0.29, 0.717) is 0 Å². The van der Waals surface area contributed by atoms with Crippen LogP contribution in [0.1, 0.15) is 0 Å². The molecule has 0 aromatic carbocycles. The van der Waals surface area contributed by atoms with Crippen LogP contribution in [0.3, 0.4) is 0 Å². The first-order valence-corrected chi connectivity index (χ1v) is 2.21. The molecule has 4 nitrogen and oxygen atoms in total. The molecule has 0 radical (unpaired) electrons. The van der Waals surface area contributed by atoms with Crippen molar-refractivity contribution in [2.24, 2.45) is 11.5 Å². The van der Waals surface area contributed by atoms with E-state index in [4.69, 9.17) is 9.59 Å². The predicted molar refractivity (Wildman–Crippen MR) is 33.9 cm³/mol. The fourth-order valence-electron chi connectivity index (χ4n) is 0. The number of hydrogen-bond acceptors (Lipinski definition) is 4. The Labute approximate surface area is 83.7 Å². The van der Waals surface area contributed by atoms with Crippen molar-refractivity contribution < 1.29 is 36.9 Å². The molecule has 0 aliphatic heterocycles. The minimum Gasteiger partial charge on any atom is -0.719 e. The Balaban J connectivity index is -0.0000000720. The van der Waals surface area contributed by atoms with Gasteiger partial charge >= 0.3 is 27.3 Å². The molecule has 0 bridgehead atoms. The van der Waals surface area contributed by atoms with E-state index in [1.165, 1.54) is 0 Å². The van der Waals surface area contributed by atoms with E-state index in [1.807, 2.05) is 0 Å². The third-order valence-corrected chi connectivity index (χ3v) is 0. The monoisotopic (exact) mass is 266 g/mol. The van der Waals surface area contributed by atoms with Crippen molar-refractivity contribution in [3.8, 4) is 0 Å². The first kappa shape index (κ1) is 16.1. The van der Waals surface area contributed by atoms with Gasteiger partial charge in [-0.1, -0.05) is 0 Å². The van der Waals surface area contributed by atoms with Gasteiger partial charge in [0.05, 0.1) is 10.5 Å². The minimum atomic E-state index is -0.750. The van der Waals surface area contributed by atoms with Gasteiger partial charge in [-0.2, -0.15) is 0 Å². The Hall–Kier alpha value is 0.302. The first-order chi connectivity index (χ1) is 3.46. The Kier molecular flexibility index (Phi) is 20.0. The Bertz CT molecular complexity index is 78.6. The van der Waals surface area contributed by atoms with Crippen LogP contribution in [0, 0.1) is 0 Å². The van der Waals surface area contributed by atoms with Crippen LogP contribution in [0.2, 0.25) is 0 Å². The van der Waals surface area contributed by atoms with Crippen LogP contribution in [0.4, 0.5) is 9.59 Å². The Morgan fingerprint density at radius 3 is 1.00 bits per heavy atom. The largest absolute Gasteiger partial charge is 2.00 e. The second kappa shape index (κ2) is 11.1. The van der Waals surface area contributed by atoms with Gasteiger partial charge < -0.3 is 46.3 Å². The van der Waals surface area contributed by atoms with Crippen molar-refractivity contribution in [1.82, 2.24) is 0 Å². The zero-order valence-corrected chi connectivity index (χ0v) is 10.2.